The number of benzene rings is 6. The lowest BCUT2D eigenvalue weighted by molar-refractivity contribution is -0.432. The molecule has 0 saturated heterocycles. The van der Waals surface area contributed by atoms with E-state index in [1.807, 2.05) is 36.4 Å². The van der Waals surface area contributed by atoms with Crippen molar-refractivity contribution in [1.29, 1.82) is 5.26 Å². The number of hydrogen-bond donors (Lipinski definition) is 7. The van der Waals surface area contributed by atoms with Gasteiger partial charge in [0.25, 0.3) is 30.4 Å². The van der Waals surface area contributed by atoms with Crippen molar-refractivity contribution >= 4 is 132 Å². The van der Waals surface area contributed by atoms with Crippen LogP contribution in [0.4, 0.5) is 44.5 Å². The highest BCUT2D eigenvalue weighted by Crippen LogP contribution is 2.45. The molecule has 8 aromatic rings. The smallest absolute Gasteiger partial charge is 0.295 e. The number of rotatable bonds is 18. The van der Waals surface area contributed by atoms with Gasteiger partial charge in [0.2, 0.25) is 5.13 Å². The summed E-state index contributed by atoms with van der Waals surface area (Å²) < 4.78 is 111. The van der Waals surface area contributed by atoms with Gasteiger partial charge < -0.3 is 10.6 Å². The molecule has 0 fully saturated rings. The first-order valence-corrected chi connectivity index (χ1v) is 26.3. The Hall–Kier alpha value is -6.90. The van der Waals surface area contributed by atoms with E-state index in [9.17, 15) is 44.2 Å². The summed E-state index contributed by atoms with van der Waals surface area (Å²) in [6.45, 7) is 1.55. The van der Waals surface area contributed by atoms with Crippen LogP contribution < -0.4 is 10.6 Å². The molecule has 6 aromatic carbocycles. The highest BCUT2D eigenvalue weighted by molar-refractivity contribution is 7.95. The molecule has 0 radical (unpaired) electrons. The highest BCUT2D eigenvalue weighted by Gasteiger charge is 2.23. The van der Waals surface area contributed by atoms with E-state index in [1.165, 1.54) is 42.5 Å². The molecule has 72 heavy (non-hydrogen) atoms. The minimum absolute atomic E-state index is 0.00182. The summed E-state index contributed by atoms with van der Waals surface area (Å²) in [7, 11) is -14.0. The second-order valence-corrected chi connectivity index (χ2v) is 21.2. The largest absolute Gasteiger partial charge is 0.339 e. The van der Waals surface area contributed by atoms with E-state index in [0.717, 1.165) is 52.4 Å². The molecular weight excluding hydrogens is 1060 g/mol. The number of aromatic nitrogens is 2. The van der Waals surface area contributed by atoms with Gasteiger partial charge in [0.15, 0.2) is 16.6 Å². The van der Waals surface area contributed by atoms with Gasteiger partial charge in [-0.3, -0.25) is 13.7 Å². The molecule has 368 valence electrons. The third kappa shape index (κ3) is 11.9. The Bertz CT molecular complexity index is 3860. The van der Waals surface area contributed by atoms with Crippen LogP contribution in [0.2, 0.25) is 0 Å². The van der Waals surface area contributed by atoms with Gasteiger partial charge in [0.1, 0.15) is 22.3 Å². The number of nitrogens with zero attached hydrogens (tertiary/aromatic N) is 7. The number of thiazole rings is 1. The van der Waals surface area contributed by atoms with Crippen molar-refractivity contribution in [3.8, 4) is 17.3 Å². The van der Waals surface area contributed by atoms with Crippen LogP contribution >= 0.6 is 35.4 Å². The molecule has 0 bridgehead atoms. The van der Waals surface area contributed by atoms with Crippen LogP contribution in [-0.4, -0.2) is 59.4 Å². The summed E-state index contributed by atoms with van der Waals surface area (Å²) in [6, 6.07) is 30.1. The van der Waals surface area contributed by atoms with Crippen molar-refractivity contribution in [3.63, 3.8) is 0 Å². The normalized spacial score (nSPS) is 12.3. The molecule has 2 heterocycles. The monoisotopic (exact) mass is 1090 g/mol. The Morgan fingerprint density at radius 1 is 0.653 bits per heavy atom. The van der Waals surface area contributed by atoms with E-state index in [4.69, 9.17) is 15.5 Å². The first kappa shape index (κ1) is 51.5. The van der Waals surface area contributed by atoms with E-state index < -0.39 is 40.1 Å². The fourth-order valence-corrected chi connectivity index (χ4v) is 10.3. The predicted octanol–water partition coefficient (Wildman–Crippen LogP) is 11.6. The van der Waals surface area contributed by atoms with Crippen molar-refractivity contribution in [3.05, 3.63) is 126 Å². The molecule has 0 amide bonds. The first-order chi connectivity index (χ1) is 34.3. The number of nitriles is 1. The maximum absolute atomic E-state index is 12.7. The molecule has 0 aliphatic heterocycles. The zero-order valence-electron chi connectivity index (χ0n) is 35.9. The second kappa shape index (κ2) is 21.4. The summed E-state index contributed by atoms with van der Waals surface area (Å²) in [4.78, 5) is 8.10. The molecule has 24 nitrogen and oxygen atoms in total. The molecule has 0 unspecified atom stereocenters. The van der Waals surface area contributed by atoms with Crippen LogP contribution in [-0.2, 0) is 49.1 Å². The third-order valence-corrected chi connectivity index (χ3v) is 14.7. The van der Waals surface area contributed by atoms with Gasteiger partial charge in [-0.15, -0.1) is 29.1 Å². The van der Waals surface area contributed by atoms with Crippen LogP contribution in [0.15, 0.2) is 160 Å². The minimum atomic E-state index is -4.94. The maximum atomic E-state index is 12.7. The second-order valence-electron chi connectivity index (χ2n) is 14.5. The number of fused-ring (bicyclic) bond motifs is 2. The lowest BCUT2D eigenvalue weighted by Crippen LogP contribution is -2.05. The number of nitrogens with one attached hydrogen (secondary N) is 2. The standard InChI is InChI=1S/C42H29N9O15S6/c1-22-34(21-43)39(44-26-8-12-30(13-9-26)70(54,55)56)47-40(45-27-10-14-31(15-11-27)71(57,58)59)37(22)49-51-42-46-38(25-7-6-23-4-2-3-5-24(23)16-25)41(67-42)50-48-28-17-33-32(35(18-28)69-66-64-53)19-29(68-65-63-52)20-36(33)72(60,61)62/h2-20,52-53H,1H3,(H2,44,45,47)(H,54,55,56)(H,57,58,59)(H,60,61,62)/b50-48+,51-49+. The number of hydrogen-bond acceptors (Lipinski definition) is 24. The van der Waals surface area contributed by atoms with Crippen LogP contribution in [0.3, 0.4) is 0 Å². The van der Waals surface area contributed by atoms with Crippen LogP contribution in [0.1, 0.15) is 11.1 Å². The van der Waals surface area contributed by atoms with Gasteiger partial charge in [-0.05, 0) is 96.6 Å². The van der Waals surface area contributed by atoms with Crippen molar-refractivity contribution in [1.82, 2.24) is 9.97 Å². The number of anilines is 4. The molecule has 30 heteroatoms. The average molecular weight is 1090 g/mol. The molecular formula is C42H29N9O15S6. The summed E-state index contributed by atoms with van der Waals surface area (Å²) in [5, 5.41) is 61.2. The molecule has 0 aliphatic carbocycles. The Balaban J connectivity index is 1.25. The van der Waals surface area contributed by atoms with Crippen molar-refractivity contribution in [2.24, 2.45) is 20.5 Å². The third-order valence-electron chi connectivity index (χ3n) is 10.0. The van der Waals surface area contributed by atoms with E-state index in [2.05, 4.69) is 60.9 Å². The fourth-order valence-electron chi connectivity index (χ4n) is 6.81. The van der Waals surface area contributed by atoms with Crippen LogP contribution in [0.5, 0.6) is 0 Å². The van der Waals surface area contributed by atoms with Gasteiger partial charge >= 0.3 is 0 Å². The van der Waals surface area contributed by atoms with Crippen molar-refractivity contribution in [2.45, 2.75) is 31.4 Å². The molecule has 0 saturated carbocycles. The molecule has 0 atom stereocenters. The quantitative estimate of drug-likeness (QED) is 0.0138. The van der Waals surface area contributed by atoms with Gasteiger partial charge in [-0.1, -0.05) is 57.8 Å². The highest BCUT2D eigenvalue weighted by atomic mass is 32.2. The van der Waals surface area contributed by atoms with Crippen LogP contribution in [0.25, 0.3) is 32.8 Å². The van der Waals surface area contributed by atoms with Gasteiger partial charge in [0, 0.05) is 43.1 Å². The molecule has 0 aliphatic rings. The lowest BCUT2D eigenvalue weighted by atomic mass is 10.1. The Morgan fingerprint density at radius 2 is 1.28 bits per heavy atom. The van der Waals surface area contributed by atoms with Crippen LogP contribution in [0, 0.1) is 18.3 Å². The maximum Gasteiger partial charge on any atom is 0.295 e. The summed E-state index contributed by atoms with van der Waals surface area (Å²) in [5.74, 6) is -0.0527. The van der Waals surface area contributed by atoms with Gasteiger partial charge in [-0.2, -0.15) is 30.5 Å². The minimum Gasteiger partial charge on any atom is -0.339 e. The van der Waals surface area contributed by atoms with Crippen molar-refractivity contribution < 1.29 is 68.2 Å². The summed E-state index contributed by atoms with van der Waals surface area (Å²) in [5.41, 5.74) is 1.57. The Labute approximate surface area is 419 Å². The summed E-state index contributed by atoms with van der Waals surface area (Å²) >= 11 is 1.76. The Kier molecular flexibility index (Phi) is 15.3. The summed E-state index contributed by atoms with van der Waals surface area (Å²) in [6.07, 6.45) is 0. The fraction of sp³-hybridized carbons (Fsp3) is 0.0238. The molecule has 8 rings (SSSR count). The zero-order chi connectivity index (χ0) is 51.4. The number of pyridine rings is 1. The Morgan fingerprint density at radius 3 is 1.89 bits per heavy atom. The van der Waals surface area contributed by atoms with E-state index in [0.29, 0.717) is 29.6 Å². The SMILES string of the molecule is Cc1c(C#N)c(Nc2ccc(S(=O)(=O)O)cc2)nc(Nc2ccc(S(=O)(=O)O)cc2)c1/N=N/c1nc(-c2ccc3ccccc3c2)c(/N=N/c2cc(SOOO)c3cc(SOOO)cc(S(=O)(=O)O)c3c2)s1. The topological polar surface area (TPSA) is 364 Å². The molecule has 0 spiro atoms. The van der Waals surface area contributed by atoms with Crippen molar-refractivity contribution in [2.75, 3.05) is 10.6 Å². The van der Waals surface area contributed by atoms with E-state index >= 15 is 0 Å². The zero-order valence-corrected chi connectivity index (χ0v) is 40.8. The molecule has 2 aromatic heterocycles. The lowest BCUT2D eigenvalue weighted by Gasteiger charge is -2.16. The number of azo groups is 2. The van der Waals surface area contributed by atoms with E-state index in [1.54, 1.807) is 13.0 Å². The molecule has 7 N–H and O–H groups in total. The van der Waals surface area contributed by atoms with E-state index in [-0.39, 0.29) is 86.8 Å². The first-order valence-electron chi connectivity index (χ1n) is 19.7. The average Bonchev–Trinajstić information content (AvgIpc) is 3.76. The van der Waals surface area contributed by atoms with Gasteiger partial charge in [-0.25, -0.2) is 20.5 Å². The predicted molar refractivity (Wildman–Crippen MR) is 261 cm³/mol. The van der Waals surface area contributed by atoms with Gasteiger partial charge in [0.05, 0.1) is 45.1 Å².